The second kappa shape index (κ2) is 10.7. The highest BCUT2D eigenvalue weighted by Crippen LogP contribution is 2.33. The van der Waals surface area contributed by atoms with Crippen LogP contribution in [0.3, 0.4) is 0 Å². The molecule has 7 nitrogen and oxygen atoms in total. The number of alkyl halides is 3. The van der Waals surface area contributed by atoms with E-state index >= 15 is 0 Å². The third-order valence-electron chi connectivity index (χ3n) is 5.87. The predicted octanol–water partition coefficient (Wildman–Crippen LogP) is 5.04. The standard InChI is InChI=1S/C27H23F3N2O5S/c1-18(26(34)31-22-11-9-21(10-12-22)27(28,29)30)37-25(33)15-8-19-6-13-23(14-7-19)38(35,36)32-17-16-20-4-2-3-5-24(20)32/h2-15,18H,16-17H2,1H3,(H,31,34)/b15-8+. The van der Waals surface area contributed by atoms with E-state index in [9.17, 15) is 31.2 Å². The van der Waals surface area contributed by atoms with Crippen molar-refractivity contribution in [1.29, 1.82) is 0 Å². The van der Waals surface area contributed by atoms with Gasteiger partial charge < -0.3 is 10.1 Å². The lowest BCUT2D eigenvalue weighted by atomic mass is 10.2. The minimum absolute atomic E-state index is 0.113. The number of ether oxygens (including phenoxy) is 1. The number of anilines is 2. The van der Waals surface area contributed by atoms with E-state index in [1.165, 1.54) is 29.4 Å². The number of carbonyl (C=O) groups excluding carboxylic acids is 2. The number of rotatable bonds is 7. The molecule has 1 heterocycles. The summed E-state index contributed by atoms with van der Waals surface area (Å²) in [6.45, 7) is 1.68. The minimum Gasteiger partial charge on any atom is -0.449 e. The number of hydrogen-bond acceptors (Lipinski definition) is 5. The molecule has 0 saturated heterocycles. The number of para-hydroxylation sites is 1. The first-order valence-corrected chi connectivity index (χ1v) is 13.0. The number of fused-ring (bicyclic) bond motifs is 1. The smallest absolute Gasteiger partial charge is 0.416 e. The first-order valence-electron chi connectivity index (χ1n) is 11.5. The number of esters is 1. The molecule has 3 aromatic rings. The lowest BCUT2D eigenvalue weighted by Gasteiger charge is -2.19. The lowest BCUT2D eigenvalue weighted by Crippen LogP contribution is -2.29. The molecule has 0 bridgehead atoms. The summed E-state index contributed by atoms with van der Waals surface area (Å²) in [5.41, 5.74) is 1.43. The molecule has 38 heavy (non-hydrogen) atoms. The van der Waals surface area contributed by atoms with Gasteiger partial charge in [0.2, 0.25) is 0 Å². The van der Waals surface area contributed by atoms with Gasteiger partial charge in [0, 0.05) is 18.3 Å². The van der Waals surface area contributed by atoms with E-state index in [4.69, 9.17) is 4.74 Å². The highest BCUT2D eigenvalue weighted by Gasteiger charge is 2.31. The lowest BCUT2D eigenvalue weighted by molar-refractivity contribution is -0.148. The zero-order valence-electron chi connectivity index (χ0n) is 20.1. The second-order valence-electron chi connectivity index (χ2n) is 8.50. The molecule has 11 heteroatoms. The van der Waals surface area contributed by atoms with Gasteiger partial charge in [-0.3, -0.25) is 9.10 Å². The summed E-state index contributed by atoms with van der Waals surface area (Å²) >= 11 is 0. The van der Waals surface area contributed by atoms with E-state index in [0.717, 1.165) is 35.9 Å². The highest BCUT2D eigenvalue weighted by molar-refractivity contribution is 7.92. The number of hydrogen-bond donors (Lipinski definition) is 1. The number of benzene rings is 3. The molecule has 0 saturated carbocycles. The molecule has 4 rings (SSSR count). The Balaban J connectivity index is 1.33. The molecule has 1 N–H and O–H groups in total. The van der Waals surface area contributed by atoms with Crippen molar-refractivity contribution < 1.29 is 35.9 Å². The van der Waals surface area contributed by atoms with Crippen LogP contribution in [0, 0.1) is 0 Å². The Morgan fingerprint density at radius 1 is 1.00 bits per heavy atom. The molecule has 1 aliphatic rings. The summed E-state index contributed by atoms with van der Waals surface area (Å²) in [5.74, 6) is -1.55. The summed E-state index contributed by atoms with van der Waals surface area (Å²) in [6.07, 6.45) is -2.58. The van der Waals surface area contributed by atoms with Crippen molar-refractivity contribution in [2.45, 2.75) is 30.5 Å². The van der Waals surface area contributed by atoms with Gasteiger partial charge in [-0.15, -0.1) is 0 Å². The van der Waals surface area contributed by atoms with Gasteiger partial charge in [-0.25, -0.2) is 13.2 Å². The van der Waals surface area contributed by atoms with Crippen molar-refractivity contribution in [3.8, 4) is 0 Å². The maximum atomic E-state index is 13.1. The average molecular weight is 545 g/mol. The van der Waals surface area contributed by atoms with Crippen molar-refractivity contribution >= 4 is 39.4 Å². The summed E-state index contributed by atoms with van der Waals surface area (Å²) in [5, 5.41) is 2.38. The Kier molecular flexibility index (Phi) is 7.58. The van der Waals surface area contributed by atoms with Gasteiger partial charge in [0.25, 0.3) is 15.9 Å². The molecular weight excluding hydrogens is 521 g/mol. The van der Waals surface area contributed by atoms with Crippen molar-refractivity contribution in [3.63, 3.8) is 0 Å². The predicted molar refractivity (Wildman–Crippen MR) is 136 cm³/mol. The molecule has 1 atom stereocenters. The number of carbonyl (C=O) groups is 2. The SMILES string of the molecule is CC(OC(=O)/C=C/c1ccc(S(=O)(=O)N2CCc3ccccc32)cc1)C(=O)Nc1ccc(C(F)(F)F)cc1. The fraction of sp³-hybridized carbons (Fsp3) is 0.185. The normalized spacial score (nSPS) is 14.3. The summed E-state index contributed by atoms with van der Waals surface area (Å²) < 4.78 is 70.6. The Labute approximate surface area is 217 Å². The van der Waals surface area contributed by atoms with Gasteiger partial charge in [-0.1, -0.05) is 30.3 Å². The van der Waals surface area contributed by atoms with Crippen LogP contribution in [-0.4, -0.2) is 32.9 Å². The van der Waals surface area contributed by atoms with Crippen LogP contribution in [0.25, 0.3) is 6.08 Å². The quantitative estimate of drug-likeness (QED) is 0.332. The van der Waals surface area contributed by atoms with Crippen LogP contribution in [-0.2, 0) is 36.9 Å². The average Bonchev–Trinajstić information content (AvgIpc) is 3.33. The molecule has 0 radical (unpaired) electrons. The van der Waals surface area contributed by atoms with Crippen LogP contribution in [0.4, 0.5) is 24.5 Å². The number of amides is 1. The van der Waals surface area contributed by atoms with E-state index in [0.29, 0.717) is 24.2 Å². The molecule has 1 aliphatic heterocycles. The Hall–Kier alpha value is -4.12. The maximum Gasteiger partial charge on any atom is 0.416 e. The number of sulfonamides is 1. The third kappa shape index (κ3) is 6.05. The fourth-order valence-electron chi connectivity index (χ4n) is 3.85. The summed E-state index contributed by atoms with van der Waals surface area (Å²) in [4.78, 5) is 24.5. The van der Waals surface area contributed by atoms with Gasteiger partial charge >= 0.3 is 12.1 Å². The maximum absolute atomic E-state index is 13.1. The molecular formula is C27H23F3N2O5S. The minimum atomic E-state index is -4.49. The molecule has 1 amide bonds. The van der Waals surface area contributed by atoms with Crippen molar-refractivity contribution in [1.82, 2.24) is 0 Å². The number of halogens is 3. The van der Waals surface area contributed by atoms with Crippen LogP contribution in [0.1, 0.15) is 23.6 Å². The Morgan fingerprint density at radius 2 is 1.66 bits per heavy atom. The van der Waals surface area contributed by atoms with Gasteiger partial charge in [-0.2, -0.15) is 13.2 Å². The first-order chi connectivity index (χ1) is 17.9. The van der Waals surface area contributed by atoms with E-state index in [1.807, 2.05) is 12.1 Å². The van der Waals surface area contributed by atoms with E-state index in [-0.39, 0.29) is 10.6 Å². The molecule has 0 spiro atoms. The molecule has 3 aromatic carbocycles. The van der Waals surface area contributed by atoms with E-state index < -0.39 is 39.7 Å². The Bertz CT molecular complexity index is 1470. The van der Waals surface area contributed by atoms with Crippen molar-refractivity contribution in [3.05, 3.63) is 95.6 Å². The van der Waals surface area contributed by atoms with Crippen molar-refractivity contribution in [2.75, 3.05) is 16.2 Å². The van der Waals surface area contributed by atoms with Crippen LogP contribution in [0.15, 0.2) is 83.8 Å². The Morgan fingerprint density at radius 3 is 2.32 bits per heavy atom. The molecule has 0 aliphatic carbocycles. The number of nitrogens with zero attached hydrogens (tertiary/aromatic N) is 1. The highest BCUT2D eigenvalue weighted by atomic mass is 32.2. The van der Waals surface area contributed by atoms with Gasteiger partial charge in [0.1, 0.15) is 0 Å². The topological polar surface area (TPSA) is 92.8 Å². The van der Waals surface area contributed by atoms with Gasteiger partial charge in [0.15, 0.2) is 6.10 Å². The first kappa shape index (κ1) is 26.9. The van der Waals surface area contributed by atoms with Crippen LogP contribution < -0.4 is 9.62 Å². The van der Waals surface area contributed by atoms with Crippen LogP contribution >= 0.6 is 0 Å². The zero-order chi connectivity index (χ0) is 27.5. The largest absolute Gasteiger partial charge is 0.449 e. The fourth-order valence-corrected chi connectivity index (χ4v) is 5.36. The van der Waals surface area contributed by atoms with Crippen LogP contribution in [0.5, 0.6) is 0 Å². The second-order valence-corrected chi connectivity index (χ2v) is 10.4. The zero-order valence-corrected chi connectivity index (χ0v) is 20.9. The van der Waals surface area contributed by atoms with Crippen molar-refractivity contribution in [2.24, 2.45) is 0 Å². The van der Waals surface area contributed by atoms with Gasteiger partial charge in [-0.05, 0) is 73.0 Å². The molecule has 0 fully saturated rings. The summed E-state index contributed by atoms with van der Waals surface area (Å²) in [7, 11) is -3.74. The van der Waals surface area contributed by atoms with Gasteiger partial charge in [0.05, 0.1) is 16.1 Å². The number of nitrogens with one attached hydrogen (secondary N) is 1. The molecule has 1 unspecified atom stereocenters. The van der Waals surface area contributed by atoms with Crippen LogP contribution in [0.2, 0.25) is 0 Å². The third-order valence-corrected chi connectivity index (χ3v) is 7.69. The molecule has 0 aromatic heterocycles. The van der Waals surface area contributed by atoms with E-state index in [2.05, 4.69) is 5.32 Å². The summed E-state index contributed by atoms with van der Waals surface area (Å²) in [6, 6.07) is 17.2. The monoisotopic (exact) mass is 544 g/mol. The van der Waals surface area contributed by atoms with E-state index in [1.54, 1.807) is 24.3 Å². The molecule has 198 valence electrons.